The third-order valence-corrected chi connectivity index (χ3v) is 4.51. The number of carboxylic acids is 1. The van der Waals surface area contributed by atoms with Crippen LogP contribution < -0.4 is 3.96 Å². The van der Waals surface area contributed by atoms with E-state index in [-0.39, 0.29) is 0 Å². The van der Waals surface area contributed by atoms with E-state index < -0.39 is 5.97 Å². The molecule has 92 valence electrons. The molecule has 0 amide bonds. The zero-order valence-electron chi connectivity index (χ0n) is 9.93. The molecule has 0 bridgehead atoms. The second-order valence-electron chi connectivity index (χ2n) is 4.55. The Morgan fingerprint density at radius 2 is 1.89 bits per heavy atom. The summed E-state index contributed by atoms with van der Waals surface area (Å²) in [6.07, 6.45) is 7.11. The molecule has 3 rings (SSSR count). The van der Waals surface area contributed by atoms with Gasteiger partial charge in [-0.25, -0.2) is 4.79 Å². The van der Waals surface area contributed by atoms with E-state index >= 15 is 0 Å². The standard InChI is InChI=1S/C14H13NO2S/c16-14(17)10-5-7-12(8-6-10)15-9-11-3-1-2-4-13(11)18-15/h5-9H,1-4H2/p+1. The molecule has 1 aliphatic carbocycles. The van der Waals surface area contributed by atoms with Crippen LogP contribution in [0.4, 0.5) is 0 Å². The van der Waals surface area contributed by atoms with E-state index in [1.54, 1.807) is 23.7 Å². The molecule has 1 aliphatic rings. The lowest BCUT2D eigenvalue weighted by Crippen LogP contribution is -2.23. The van der Waals surface area contributed by atoms with Gasteiger partial charge in [0, 0.05) is 17.7 Å². The van der Waals surface area contributed by atoms with Crippen LogP contribution in [0.5, 0.6) is 0 Å². The number of hydrogen-bond acceptors (Lipinski definition) is 2. The second-order valence-corrected chi connectivity index (χ2v) is 5.62. The van der Waals surface area contributed by atoms with Crippen LogP contribution in [0.15, 0.2) is 30.5 Å². The summed E-state index contributed by atoms with van der Waals surface area (Å²) >= 11 is 1.77. The highest BCUT2D eigenvalue weighted by molar-refractivity contribution is 7.02. The molecule has 1 aromatic carbocycles. The molecule has 0 fully saturated rings. The highest BCUT2D eigenvalue weighted by Crippen LogP contribution is 2.23. The summed E-state index contributed by atoms with van der Waals surface area (Å²) in [4.78, 5) is 12.3. The van der Waals surface area contributed by atoms with E-state index in [2.05, 4.69) is 10.2 Å². The Balaban J connectivity index is 1.94. The Bertz CT molecular complexity index is 563. The van der Waals surface area contributed by atoms with Crippen molar-refractivity contribution in [2.24, 2.45) is 0 Å². The lowest BCUT2D eigenvalue weighted by molar-refractivity contribution is -0.520. The minimum Gasteiger partial charge on any atom is -0.478 e. The van der Waals surface area contributed by atoms with Gasteiger partial charge in [0.2, 0.25) is 5.69 Å². The number of carboxylic acid groups (broad SMARTS) is 1. The van der Waals surface area contributed by atoms with Crippen LogP contribution in [0.3, 0.4) is 0 Å². The van der Waals surface area contributed by atoms with Gasteiger partial charge in [0.1, 0.15) is 11.5 Å². The third kappa shape index (κ3) is 2.04. The Hall–Kier alpha value is -1.68. The topological polar surface area (TPSA) is 41.2 Å². The first-order chi connectivity index (χ1) is 8.74. The first kappa shape index (κ1) is 11.4. The van der Waals surface area contributed by atoms with Crippen LogP contribution in [0.1, 0.15) is 33.6 Å². The van der Waals surface area contributed by atoms with Crippen LogP contribution in [-0.2, 0) is 12.8 Å². The minimum absolute atomic E-state index is 0.334. The van der Waals surface area contributed by atoms with Gasteiger partial charge >= 0.3 is 5.97 Å². The maximum absolute atomic E-state index is 10.8. The van der Waals surface area contributed by atoms with Crippen LogP contribution in [0.2, 0.25) is 0 Å². The highest BCUT2D eigenvalue weighted by atomic mass is 32.1. The van der Waals surface area contributed by atoms with Crippen molar-refractivity contribution in [2.45, 2.75) is 25.7 Å². The summed E-state index contributed by atoms with van der Waals surface area (Å²) in [5.41, 5.74) is 2.83. The molecule has 0 saturated carbocycles. The van der Waals surface area contributed by atoms with E-state index in [0.29, 0.717) is 5.56 Å². The predicted octanol–water partition coefficient (Wildman–Crippen LogP) is 2.60. The largest absolute Gasteiger partial charge is 0.478 e. The summed E-state index contributed by atoms with van der Waals surface area (Å²) in [7, 11) is 0. The lowest BCUT2D eigenvalue weighted by atomic mass is 10.0. The van der Waals surface area contributed by atoms with E-state index in [1.807, 2.05) is 12.1 Å². The predicted molar refractivity (Wildman–Crippen MR) is 69.5 cm³/mol. The summed E-state index contributed by atoms with van der Waals surface area (Å²) < 4.78 is 2.14. The molecule has 1 heterocycles. The van der Waals surface area contributed by atoms with Gasteiger partial charge in [0.25, 0.3) is 0 Å². The van der Waals surface area contributed by atoms with Crippen molar-refractivity contribution in [1.82, 2.24) is 0 Å². The molecule has 4 heteroatoms. The van der Waals surface area contributed by atoms with Gasteiger partial charge in [-0.3, -0.25) is 0 Å². The first-order valence-corrected chi connectivity index (χ1v) is 6.89. The monoisotopic (exact) mass is 260 g/mol. The quantitative estimate of drug-likeness (QED) is 0.843. The molecule has 0 atom stereocenters. The van der Waals surface area contributed by atoms with Crippen molar-refractivity contribution in [3.05, 3.63) is 46.5 Å². The van der Waals surface area contributed by atoms with Crippen molar-refractivity contribution < 1.29 is 13.9 Å². The molecule has 1 aromatic heterocycles. The maximum atomic E-state index is 10.8. The van der Waals surface area contributed by atoms with Gasteiger partial charge in [0.05, 0.1) is 10.4 Å². The smallest absolute Gasteiger partial charge is 0.335 e. The number of aromatic carboxylic acids is 1. The van der Waals surface area contributed by atoms with E-state index in [9.17, 15) is 4.79 Å². The van der Waals surface area contributed by atoms with Crippen LogP contribution in [0.25, 0.3) is 5.69 Å². The number of nitrogens with zero attached hydrogens (tertiary/aromatic N) is 1. The molecular formula is C14H14NO2S+. The van der Waals surface area contributed by atoms with Gasteiger partial charge in [-0.15, -0.1) is 3.96 Å². The number of hydrogen-bond donors (Lipinski definition) is 1. The second kappa shape index (κ2) is 4.53. The first-order valence-electron chi connectivity index (χ1n) is 6.11. The van der Waals surface area contributed by atoms with Gasteiger partial charge in [-0.05, 0) is 37.8 Å². The van der Waals surface area contributed by atoms with Crippen molar-refractivity contribution >= 4 is 17.5 Å². The molecule has 1 N–H and O–H groups in total. The van der Waals surface area contributed by atoms with Crippen LogP contribution >= 0.6 is 11.5 Å². The molecule has 0 saturated heterocycles. The van der Waals surface area contributed by atoms with Crippen molar-refractivity contribution in [2.75, 3.05) is 0 Å². The third-order valence-electron chi connectivity index (χ3n) is 3.31. The number of fused-ring (bicyclic) bond motifs is 1. The average molecular weight is 260 g/mol. The Morgan fingerprint density at radius 3 is 2.56 bits per heavy atom. The van der Waals surface area contributed by atoms with Crippen molar-refractivity contribution in [3.8, 4) is 5.69 Å². The van der Waals surface area contributed by atoms with Crippen molar-refractivity contribution in [1.29, 1.82) is 0 Å². The fraction of sp³-hybridized carbons (Fsp3) is 0.286. The van der Waals surface area contributed by atoms with Crippen molar-refractivity contribution in [3.63, 3.8) is 0 Å². The zero-order valence-corrected chi connectivity index (χ0v) is 10.7. The molecule has 3 nitrogen and oxygen atoms in total. The molecule has 18 heavy (non-hydrogen) atoms. The molecule has 0 aliphatic heterocycles. The molecule has 0 radical (unpaired) electrons. The minimum atomic E-state index is -0.878. The van der Waals surface area contributed by atoms with Gasteiger partial charge in [0.15, 0.2) is 6.20 Å². The number of rotatable bonds is 2. The summed E-state index contributed by atoms with van der Waals surface area (Å²) in [5.74, 6) is -0.878. The summed E-state index contributed by atoms with van der Waals surface area (Å²) in [5, 5.41) is 8.87. The SMILES string of the molecule is O=C(O)c1ccc(-[n+]2cc3c(s2)CCCC3)cc1. The number of aromatic nitrogens is 1. The summed E-state index contributed by atoms with van der Waals surface area (Å²) in [6, 6.07) is 7.05. The molecular weight excluding hydrogens is 246 g/mol. The number of carbonyl (C=O) groups is 1. The lowest BCUT2D eigenvalue weighted by Gasteiger charge is -2.04. The fourth-order valence-corrected chi connectivity index (χ4v) is 3.46. The molecule has 0 unspecified atom stereocenters. The Kier molecular flexibility index (Phi) is 2.88. The number of benzene rings is 1. The molecule has 2 aromatic rings. The van der Waals surface area contributed by atoms with Gasteiger partial charge in [-0.2, -0.15) is 0 Å². The zero-order chi connectivity index (χ0) is 12.5. The fourth-order valence-electron chi connectivity index (χ4n) is 2.31. The van der Waals surface area contributed by atoms with E-state index in [4.69, 9.17) is 5.11 Å². The Labute approximate surface area is 109 Å². The molecule has 0 spiro atoms. The Morgan fingerprint density at radius 1 is 1.17 bits per heavy atom. The van der Waals surface area contributed by atoms with E-state index in [1.165, 1.54) is 36.1 Å². The van der Waals surface area contributed by atoms with Crippen LogP contribution in [0, 0.1) is 0 Å². The summed E-state index contributed by atoms with van der Waals surface area (Å²) in [6.45, 7) is 0. The average Bonchev–Trinajstić information content (AvgIpc) is 2.82. The van der Waals surface area contributed by atoms with Gasteiger partial charge in [-0.1, -0.05) is 0 Å². The van der Waals surface area contributed by atoms with Gasteiger partial charge < -0.3 is 5.11 Å². The normalized spacial score (nSPS) is 14.2. The van der Waals surface area contributed by atoms with E-state index in [0.717, 1.165) is 5.69 Å². The highest BCUT2D eigenvalue weighted by Gasteiger charge is 2.20. The number of aryl methyl sites for hydroxylation is 2. The maximum Gasteiger partial charge on any atom is 0.335 e. The van der Waals surface area contributed by atoms with Crippen LogP contribution in [-0.4, -0.2) is 11.1 Å².